The predicted octanol–water partition coefficient (Wildman–Crippen LogP) is 7.71. The van der Waals surface area contributed by atoms with Gasteiger partial charge in [0.1, 0.15) is 0 Å². The van der Waals surface area contributed by atoms with Crippen molar-refractivity contribution in [1.82, 2.24) is 4.98 Å². The third-order valence-corrected chi connectivity index (χ3v) is 15.5. The van der Waals surface area contributed by atoms with Crippen molar-refractivity contribution in [2.24, 2.45) is 11.3 Å². The van der Waals surface area contributed by atoms with E-state index < -0.39 is 8.07 Å². The van der Waals surface area contributed by atoms with Crippen LogP contribution in [0.15, 0.2) is 30.3 Å². The van der Waals surface area contributed by atoms with Crippen molar-refractivity contribution in [3.8, 4) is 0 Å². The molecule has 1 fully saturated rings. The van der Waals surface area contributed by atoms with E-state index in [-0.39, 0.29) is 10.8 Å². The summed E-state index contributed by atoms with van der Waals surface area (Å²) in [4.78, 5) is 17.6. The molecule has 1 saturated carbocycles. The molecule has 0 spiro atoms. The van der Waals surface area contributed by atoms with Crippen molar-refractivity contribution in [1.29, 1.82) is 0 Å². The highest BCUT2D eigenvalue weighted by Gasteiger charge is 2.52. The topological polar surface area (TPSA) is 32.9 Å². The minimum Gasteiger partial charge on any atom is -0.354 e. The van der Waals surface area contributed by atoms with Crippen molar-refractivity contribution in [3.05, 3.63) is 41.5 Å². The average molecular weight is 446 g/mol. The summed E-state index contributed by atoms with van der Waals surface area (Å²) in [6.07, 6.45) is 4.29. The SMILES string of the molecule is CC(C)C12CCC(C)(CC1)c1cc3c(cc1C2=O)[nH]c1ccc([Si](C)(C)C(C)(C)C)cc13. The zero-order chi connectivity index (χ0) is 23.3. The number of carbonyl (C=O) groups excluding carboxylic acids is 1. The number of hydrogen-bond acceptors (Lipinski definition) is 1. The molecule has 0 amide bonds. The zero-order valence-electron chi connectivity index (χ0n) is 21.2. The molecule has 3 aromatic rings. The minimum absolute atomic E-state index is 0.106. The molecule has 1 heterocycles. The van der Waals surface area contributed by atoms with E-state index in [4.69, 9.17) is 0 Å². The summed E-state index contributed by atoms with van der Waals surface area (Å²) in [6.45, 7) is 19.0. The van der Waals surface area contributed by atoms with Crippen LogP contribution in [0.4, 0.5) is 0 Å². The number of rotatable bonds is 2. The molecule has 2 nitrogen and oxygen atoms in total. The summed E-state index contributed by atoms with van der Waals surface area (Å²) in [7, 11) is -1.63. The fraction of sp³-hybridized carbons (Fsp3) is 0.552. The maximum Gasteiger partial charge on any atom is 0.169 e. The number of Topliss-reactive ketones (excluding diaryl/α,β-unsaturated/α-hetero) is 1. The van der Waals surface area contributed by atoms with Gasteiger partial charge in [0.2, 0.25) is 0 Å². The second-order valence-electron chi connectivity index (χ2n) is 12.9. The van der Waals surface area contributed by atoms with Crippen LogP contribution in [0.25, 0.3) is 21.8 Å². The van der Waals surface area contributed by atoms with E-state index in [0.29, 0.717) is 16.7 Å². The molecule has 0 saturated heterocycles. The molecular formula is C29H39NOSi. The van der Waals surface area contributed by atoms with Gasteiger partial charge in [0.25, 0.3) is 0 Å². The van der Waals surface area contributed by atoms with Crippen molar-refractivity contribution in [3.63, 3.8) is 0 Å². The molecule has 3 aliphatic carbocycles. The fourth-order valence-corrected chi connectivity index (χ4v) is 8.18. The number of nitrogens with one attached hydrogen (secondary N) is 1. The average Bonchev–Trinajstić information content (AvgIpc) is 3.01. The van der Waals surface area contributed by atoms with Crippen molar-refractivity contribution < 1.29 is 4.79 Å². The Morgan fingerprint density at radius 2 is 1.56 bits per heavy atom. The van der Waals surface area contributed by atoms with Gasteiger partial charge < -0.3 is 4.98 Å². The van der Waals surface area contributed by atoms with E-state index in [1.165, 1.54) is 27.0 Å². The standard InChI is InChI=1S/C29H39NOSi/c1-18(2)29-13-11-28(6,12-14-29)23-16-21-20-15-19(32(7,8)27(3,4)5)9-10-24(20)30-25(21)17-22(23)26(29)31/h9-10,15-18,30H,11-14H2,1-8H3. The van der Waals surface area contributed by atoms with Crippen LogP contribution in [0.3, 0.4) is 0 Å². The van der Waals surface area contributed by atoms with Gasteiger partial charge in [-0.3, -0.25) is 4.79 Å². The minimum atomic E-state index is -1.63. The number of fused-ring (bicyclic) bond motifs is 5. The van der Waals surface area contributed by atoms with Crippen LogP contribution >= 0.6 is 0 Å². The summed E-state index contributed by atoms with van der Waals surface area (Å²) in [6, 6.07) is 11.6. The normalized spacial score (nSPS) is 26.2. The summed E-state index contributed by atoms with van der Waals surface area (Å²) in [5.74, 6) is 0.780. The van der Waals surface area contributed by atoms with Crippen molar-refractivity contribution in [2.45, 2.75) is 90.8 Å². The molecule has 6 rings (SSSR count). The Labute approximate surface area is 194 Å². The van der Waals surface area contributed by atoms with Gasteiger partial charge in [-0.2, -0.15) is 0 Å². The molecule has 3 heteroatoms. The summed E-state index contributed by atoms with van der Waals surface area (Å²) in [5, 5.41) is 4.42. The number of aromatic nitrogens is 1. The maximum absolute atomic E-state index is 13.9. The monoisotopic (exact) mass is 445 g/mol. The lowest BCUT2D eigenvalue weighted by Crippen LogP contribution is -2.49. The first kappa shape index (κ1) is 21.9. The number of benzene rings is 2. The van der Waals surface area contributed by atoms with Gasteiger partial charge in [0, 0.05) is 32.8 Å². The Hall–Kier alpha value is -1.87. The predicted molar refractivity (Wildman–Crippen MR) is 140 cm³/mol. The molecule has 0 aliphatic heterocycles. The van der Waals surface area contributed by atoms with Gasteiger partial charge in [-0.25, -0.2) is 0 Å². The smallest absolute Gasteiger partial charge is 0.169 e. The van der Waals surface area contributed by atoms with Crippen LogP contribution in [0.1, 0.15) is 83.1 Å². The molecule has 1 aromatic heterocycles. The van der Waals surface area contributed by atoms with Crippen LogP contribution in [-0.2, 0) is 5.41 Å². The van der Waals surface area contributed by atoms with Crippen molar-refractivity contribution in [2.75, 3.05) is 0 Å². The van der Waals surface area contributed by atoms with Gasteiger partial charge in [-0.15, -0.1) is 0 Å². The highest BCUT2D eigenvalue weighted by Crippen LogP contribution is 2.56. The largest absolute Gasteiger partial charge is 0.354 e. The van der Waals surface area contributed by atoms with E-state index in [1.807, 2.05) is 0 Å². The summed E-state index contributed by atoms with van der Waals surface area (Å²) >= 11 is 0. The highest BCUT2D eigenvalue weighted by atomic mass is 28.3. The zero-order valence-corrected chi connectivity index (χ0v) is 22.2. The Bertz CT molecular complexity index is 1250. The number of H-pyrrole nitrogens is 1. The van der Waals surface area contributed by atoms with E-state index in [2.05, 4.69) is 90.0 Å². The molecular weight excluding hydrogens is 406 g/mol. The van der Waals surface area contributed by atoms with Gasteiger partial charge in [-0.1, -0.05) is 72.0 Å². The second kappa shape index (κ2) is 6.59. The molecule has 0 radical (unpaired) electrons. The molecule has 1 N–H and O–H groups in total. The summed E-state index contributed by atoms with van der Waals surface area (Å²) in [5.41, 5.74) is 4.51. The molecule has 32 heavy (non-hydrogen) atoms. The quantitative estimate of drug-likeness (QED) is 0.403. The Kier molecular flexibility index (Phi) is 4.52. The first-order valence-corrected chi connectivity index (χ1v) is 15.5. The van der Waals surface area contributed by atoms with E-state index in [1.54, 1.807) is 0 Å². The molecule has 3 aliphatic rings. The van der Waals surface area contributed by atoms with Crippen LogP contribution < -0.4 is 5.19 Å². The first-order chi connectivity index (χ1) is 14.8. The van der Waals surface area contributed by atoms with Crippen molar-refractivity contribution >= 4 is 40.8 Å². The Morgan fingerprint density at radius 1 is 0.938 bits per heavy atom. The van der Waals surface area contributed by atoms with E-state index in [9.17, 15) is 4.79 Å². The highest BCUT2D eigenvalue weighted by molar-refractivity contribution is 6.92. The lowest BCUT2D eigenvalue weighted by atomic mass is 9.60. The lowest BCUT2D eigenvalue weighted by Gasteiger charge is -2.42. The second-order valence-corrected chi connectivity index (χ2v) is 18.2. The lowest BCUT2D eigenvalue weighted by molar-refractivity contribution is 0.0543. The number of carbonyl (C=O) groups is 1. The molecule has 170 valence electrons. The molecule has 2 bridgehead atoms. The molecule has 0 unspecified atom stereocenters. The van der Waals surface area contributed by atoms with E-state index >= 15 is 0 Å². The molecule has 0 atom stereocenters. The number of aromatic amines is 1. The Morgan fingerprint density at radius 3 is 2.16 bits per heavy atom. The van der Waals surface area contributed by atoms with Gasteiger partial charge >= 0.3 is 0 Å². The summed E-state index contributed by atoms with van der Waals surface area (Å²) < 4.78 is 0. The third-order valence-electron chi connectivity index (χ3n) is 10.0. The number of ketones is 1. The third kappa shape index (κ3) is 2.79. The number of hydrogen-bond donors (Lipinski definition) is 1. The van der Waals surface area contributed by atoms with E-state index in [0.717, 1.165) is 36.8 Å². The van der Waals surface area contributed by atoms with Crippen LogP contribution in [0.2, 0.25) is 18.1 Å². The van der Waals surface area contributed by atoms with Crippen LogP contribution in [0.5, 0.6) is 0 Å². The van der Waals surface area contributed by atoms with Gasteiger partial charge in [-0.05, 0) is 65.8 Å². The molecule has 2 aromatic carbocycles. The van der Waals surface area contributed by atoms with Crippen LogP contribution in [-0.4, -0.2) is 18.8 Å². The van der Waals surface area contributed by atoms with Crippen LogP contribution in [0, 0.1) is 11.3 Å². The van der Waals surface area contributed by atoms with Gasteiger partial charge in [0.15, 0.2) is 5.78 Å². The fourth-order valence-electron chi connectivity index (χ4n) is 6.31. The van der Waals surface area contributed by atoms with Gasteiger partial charge in [0.05, 0.1) is 8.07 Å². The first-order valence-electron chi connectivity index (χ1n) is 12.5. The Balaban J connectivity index is 1.76. The maximum atomic E-state index is 13.9.